The lowest BCUT2D eigenvalue weighted by atomic mass is 10.1. The highest BCUT2D eigenvalue weighted by molar-refractivity contribution is 6.08. The van der Waals surface area contributed by atoms with Gasteiger partial charge in [-0.1, -0.05) is 12.1 Å². The summed E-state index contributed by atoms with van der Waals surface area (Å²) in [5.41, 5.74) is 3.27. The Hall–Kier alpha value is -3.08. The maximum absolute atomic E-state index is 10.4. The number of hydrogen-bond donors (Lipinski definition) is 3. The van der Waals surface area contributed by atoms with Gasteiger partial charge in [-0.2, -0.15) is 0 Å². The van der Waals surface area contributed by atoms with Gasteiger partial charge in [0.25, 0.3) is 0 Å². The average molecular weight is 305 g/mol. The molecule has 0 amide bonds. The smallest absolute Gasteiger partial charge is 0.165 e. The molecule has 4 rings (SSSR count). The van der Waals surface area contributed by atoms with Crippen molar-refractivity contribution in [1.82, 2.24) is 0 Å². The Kier molecular flexibility index (Phi) is 3.12. The number of benzene rings is 2. The first-order valence-electron chi connectivity index (χ1n) is 7.42. The summed E-state index contributed by atoms with van der Waals surface area (Å²) in [6.45, 7) is 0.751. The molecule has 5 nitrogen and oxygen atoms in total. The summed E-state index contributed by atoms with van der Waals surface area (Å²) >= 11 is 0. The summed E-state index contributed by atoms with van der Waals surface area (Å²) in [6.07, 6.45) is 6.29. The van der Waals surface area contributed by atoms with Crippen LogP contribution in [0.1, 0.15) is 12.0 Å². The standard InChI is InChI=1S/C18H15N3O2/c22-13-3-1-11(2-4-13)5-7-20-15-9-14-16-12(6-8-19-14)10-21-17(16)18(15)23/h1-5,7,9-10,20,22-23H,6,8H2. The van der Waals surface area contributed by atoms with Gasteiger partial charge in [-0.25, -0.2) is 0 Å². The molecule has 0 bridgehead atoms. The van der Waals surface area contributed by atoms with Gasteiger partial charge in [0.1, 0.15) is 11.4 Å². The molecule has 0 aromatic heterocycles. The largest absolute Gasteiger partial charge is 0.508 e. The molecule has 0 fully saturated rings. The second-order valence-corrected chi connectivity index (χ2v) is 5.50. The Balaban J connectivity index is 1.66. The third kappa shape index (κ3) is 2.36. The summed E-state index contributed by atoms with van der Waals surface area (Å²) in [6, 6.07) is 8.72. The molecule has 2 aromatic carbocycles. The van der Waals surface area contributed by atoms with Crippen molar-refractivity contribution in [2.24, 2.45) is 9.98 Å². The molecule has 0 radical (unpaired) electrons. The van der Waals surface area contributed by atoms with E-state index in [9.17, 15) is 10.2 Å². The van der Waals surface area contributed by atoms with E-state index in [1.807, 2.05) is 18.4 Å². The summed E-state index contributed by atoms with van der Waals surface area (Å²) in [4.78, 5) is 8.84. The van der Waals surface area contributed by atoms with Crippen molar-refractivity contribution in [1.29, 1.82) is 0 Å². The van der Waals surface area contributed by atoms with Gasteiger partial charge in [0.15, 0.2) is 5.75 Å². The minimum absolute atomic E-state index is 0.141. The number of nitrogens with zero attached hydrogens (tertiary/aromatic N) is 2. The maximum atomic E-state index is 10.4. The van der Waals surface area contributed by atoms with E-state index in [2.05, 4.69) is 15.3 Å². The monoisotopic (exact) mass is 305 g/mol. The topological polar surface area (TPSA) is 77.2 Å². The highest BCUT2D eigenvalue weighted by Crippen LogP contribution is 2.32. The lowest BCUT2D eigenvalue weighted by molar-refractivity contribution is 0.475. The fraction of sp³-hybridized carbons (Fsp3) is 0.111. The van der Waals surface area contributed by atoms with E-state index in [4.69, 9.17) is 0 Å². The molecular weight excluding hydrogens is 290 g/mol. The Morgan fingerprint density at radius 1 is 1.13 bits per heavy atom. The number of rotatable bonds is 3. The third-order valence-electron chi connectivity index (χ3n) is 4.00. The van der Waals surface area contributed by atoms with Crippen LogP contribution >= 0.6 is 0 Å². The van der Waals surface area contributed by atoms with E-state index in [1.54, 1.807) is 30.5 Å². The van der Waals surface area contributed by atoms with Crippen molar-refractivity contribution in [3.63, 3.8) is 0 Å². The van der Waals surface area contributed by atoms with Crippen LogP contribution in [0.15, 0.2) is 46.5 Å². The zero-order valence-electron chi connectivity index (χ0n) is 12.3. The molecular formula is C18H15N3O2. The van der Waals surface area contributed by atoms with Crippen LogP contribution in [0.4, 0.5) is 11.4 Å². The molecule has 0 saturated heterocycles. The number of anilines is 1. The van der Waals surface area contributed by atoms with Crippen LogP contribution in [0, 0.1) is 0 Å². The first kappa shape index (κ1) is 13.6. The lowest BCUT2D eigenvalue weighted by Gasteiger charge is -2.09. The Morgan fingerprint density at radius 2 is 1.96 bits per heavy atom. The fourth-order valence-corrected chi connectivity index (χ4v) is 2.83. The van der Waals surface area contributed by atoms with Crippen LogP contribution in [0.2, 0.25) is 0 Å². The summed E-state index contributed by atoms with van der Waals surface area (Å²) in [5.74, 6) is 0.374. The molecule has 0 unspecified atom stereocenters. The number of aromatic hydroxyl groups is 2. The summed E-state index contributed by atoms with van der Waals surface area (Å²) in [7, 11) is 0. The Labute approximate surface area is 132 Å². The number of phenolic OH excluding ortho intramolecular Hbond substituents is 2. The van der Waals surface area contributed by atoms with E-state index >= 15 is 0 Å². The predicted molar refractivity (Wildman–Crippen MR) is 90.7 cm³/mol. The van der Waals surface area contributed by atoms with Crippen molar-refractivity contribution < 1.29 is 10.2 Å². The van der Waals surface area contributed by atoms with E-state index in [-0.39, 0.29) is 11.5 Å². The van der Waals surface area contributed by atoms with Crippen LogP contribution in [-0.2, 0) is 0 Å². The van der Waals surface area contributed by atoms with E-state index < -0.39 is 0 Å². The first-order valence-corrected chi connectivity index (χ1v) is 7.42. The Bertz CT molecular complexity index is 957. The molecule has 0 aliphatic carbocycles. The van der Waals surface area contributed by atoms with Gasteiger partial charge in [-0.3, -0.25) is 9.98 Å². The van der Waals surface area contributed by atoms with Gasteiger partial charge in [0.05, 0.1) is 11.0 Å². The molecule has 5 heteroatoms. The van der Waals surface area contributed by atoms with E-state index in [1.165, 1.54) is 0 Å². The van der Waals surface area contributed by atoms with Crippen LogP contribution in [-0.4, -0.2) is 23.0 Å². The SMILES string of the molecule is Oc1ccc(C=CNc2cc3c4c(c2O)N=CC=4CCN=3)cc1. The lowest BCUT2D eigenvalue weighted by Crippen LogP contribution is -2.30. The highest BCUT2D eigenvalue weighted by Gasteiger charge is 2.18. The van der Waals surface area contributed by atoms with Crippen LogP contribution in [0.5, 0.6) is 11.5 Å². The first-order chi connectivity index (χ1) is 11.2. The van der Waals surface area contributed by atoms with Crippen LogP contribution in [0.25, 0.3) is 11.6 Å². The summed E-state index contributed by atoms with van der Waals surface area (Å²) < 4.78 is 0. The van der Waals surface area contributed by atoms with Crippen molar-refractivity contribution in [3.05, 3.63) is 52.7 Å². The van der Waals surface area contributed by atoms with Crippen LogP contribution in [0.3, 0.4) is 0 Å². The quantitative estimate of drug-likeness (QED) is 0.760. The molecule has 2 aromatic rings. The number of phenols is 2. The van der Waals surface area contributed by atoms with Gasteiger partial charge in [-0.05, 0) is 41.8 Å². The predicted octanol–water partition coefficient (Wildman–Crippen LogP) is 2.07. The minimum Gasteiger partial charge on any atom is -0.508 e. The van der Waals surface area contributed by atoms with Crippen molar-refractivity contribution in [2.75, 3.05) is 11.9 Å². The second kappa shape index (κ2) is 5.28. The number of hydrogen-bond acceptors (Lipinski definition) is 5. The third-order valence-corrected chi connectivity index (χ3v) is 4.00. The zero-order valence-corrected chi connectivity index (χ0v) is 12.3. The van der Waals surface area contributed by atoms with Gasteiger partial charge in [0, 0.05) is 24.2 Å². The van der Waals surface area contributed by atoms with Crippen molar-refractivity contribution in [2.45, 2.75) is 6.42 Å². The highest BCUT2D eigenvalue weighted by atomic mass is 16.3. The van der Waals surface area contributed by atoms with Crippen molar-refractivity contribution in [3.8, 4) is 11.5 Å². The fourth-order valence-electron chi connectivity index (χ4n) is 2.83. The van der Waals surface area contributed by atoms with Crippen LogP contribution < -0.4 is 15.9 Å². The molecule has 0 atom stereocenters. The van der Waals surface area contributed by atoms with Gasteiger partial charge < -0.3 is 15.5 Å². The molecule has 3 N–H and O–H groups in total. The molecule has 2 aliphatic rings. The molecule has 2 aliphatic heterocycles. The van der Waals surface area contributed by atoms with Crippen molar-refractivity contribution >= 4 is 29.2 Å². The second-order valence-electron chi connectivity index (χ2n) is 5.50. The average Bonchev–Trinajstić information content (AvgIpc) is 3.00. The van der Waals surface area contributed by atoms with E-state index in [0.29, 0.717) is 11.4 Å². The zero-order chi connectivity index (χ0) is 15.8. The molecule has 114 valence electrons. The number of nitrogens with one attached hydrogen (secondary N) is 1. The maximum Gasteiger partial charge on any atom is 0.165 e. The van der Waals surface area contributed by atoms with Gasteiger partial charge in [0.2, 0.25) is 0 Å². The molecule has 0 saturated carbocycles. The normalized spacial score (nSPS) is 14.9. The summed E-state index contributed by atoms with van der Waals surface area (Å²) in [5, 5.41) is 24.6. The van der Waals surface area contributed by atoms with Gasteiger partial charge >= 0.3 is 0 Å². The van der Waals surface area contributed by atoms with Gasteiger partial charge in [-0.15, -0.1) is 0 Å². The minimum atomic E-state index is 0.141. The Morgan fingerprint density at radius 3 is 2.78 bits per heavy atom. The van der Waals surface area contributed by atoms with E-state index in [0.717, 1.165) is 34.7 Å². The molecule has 0 spiro atoms. The number of aliphatic imine (C=N–C) groups is 1. The molecule has 23 heavy (non-hydrogen) atoms. The molecule has 2 heterocycles.